The molecule has 106 valence electrons. The number of nitrogens with two attached hydrogens (primary N) is 1. The van der Waals surface area contributed by atoms with E-state index in [-0.39, 0.29) is 12.3 Å². The lowest BCUT2D eigenvalue weighted by molar-refractivity contribution is -0.120. The largest absolute Gasteiger partial charge is 0.392 e. The third-order valence-electron chi connectivity index (χ3n) is 3.08. The Morgan fingerprint density at radius 3 is 2.84 bits per heavy atom. The van der Waals surface area contributed by atoms with Crippen molar-refractivity contribution in [3.8, 4) is 0 Å². The van der Waals surface area contributed by atoms with E-state index in [0.717, 1.165) is 18.7 Å². The summed E-state index contributed by atoms with van der Waals surface area (Å²) in [5, 5.41) is 9.75. The molecule has 0 saturated heterocycles. The SMILES string of the molecule is C[C@H](CCN(C)Cc1cnccn1)[C@@H](O)CC(N)=O. The van der Waals surface area contributed by atoms with E-state index >= 15 is 0 Å². The maximum absolute atomic E-state index is 10.7. The summed E-state index contributed by atoms with van der Waals surface area (Å²) in [7, 11) is 1.99. The summed E-state index contributed by atoms with van der Waals surface area (Å²) in [5.74, 6) is -0.427. The summed E-state index contributed by atoms with van der Waals surface area (Å²) in [5.41, 5.74) is 5.98. The van der Waals surface area contributed by atoms with E-state index in [1.54, 1.807) is 18.6 Å². The highest BCUT2D eigenvalue weighted by Crippen LogP contribution is 2.12. The zero-order chi connectivity index (χ0) is 14.3. The third kappa shape index (κ3) is 6.26. The number of hydrogen-bond acceptors (Lipinski definition) is 5. The summed E-state index contributed by atoms with van der Waals surface area (Å²) in [4.78, 5) is 21.1. The minimum atomic E-state index is -0.664. The van der Waals surface area contributed by atoms with Crippen molar-refractivity contribution in [1.29, 1.82) is 0 Å². The number of hydrogen-bond donors (Lipinski definition) is 2. The molecule has 2 atom stereocenters. The van der Waals surface area contributed by atoms with E-state index in [1.165, 1.54) is 0 Å². The number of primary amides is 1. The Morgan fingerprint density at radius 2 is 2.26 bits per heavy atom. The standard InChI is InChI=1S/C13H22N4O2/c1-10(12(18)7-13(14)19)3-6-17(2)9-11-8-15-4-5-16-11/h4-5,8,10,12,18H,3,6-7,9H2,1-2H3,(H2,14,19)/t10-,12+/m1/s1. The number of amides is 1. The molecule has 0 aliphatic rings. The third-order valence-corrected chi connectivity index (χ3v) is 3.08. The van der Waals surface area contributed by atoms with E-state index in [2.05, 4.69) is 14.9 Å². The molecule has 0 spiro atoms. The Labute approximate surface area is 113 Å². The van der Waals surface area contributed by atoms with Crippen LogP contribution < -0.4 is 5.73 Å². The van der Waals surface area contributed by atoms with E-state index in [4.69, 9.17) is 5.73 Å². The van der Waals surface area contributed by atoms with Gasteiger partial charge in [0.1, 0.15) is 0 Å². The number of carbonyl (C=O) groups excluding carboxylic acids is 1. The van der Waals surface area contributed by atoms with Crippen LogP contribution >= 0.6 is 0 Å². The molecular formula is C13H22N4O2. The van der Waals surface area contributed by atoms with Crippen LogP contribution in [0.3, 0.4) is 0 Å². The van der Waals surface area contributed by atoms with Crippen LogP contribution in [-0.4, -0.2) is 45.6 Å². The molecule has 1 aromatic rings. The van der Waals surface area contributed by atoms with Gasteiger partial charge in [-0.25, -0.2) is 0 Å². The molecule has 0 unspecified atom stereocenters. The molecule has 0 aliphatic carbocycles. The maximum atomic E-state index is 10.7. The Morgan fingerprint density at radius 1 is 1.53 bits per heavy atom. The summed E-state index contributed by atoms with van der Waals surface area (Å²) in [6.07, 6.45) is 5.21. The second-order valence-corrected chi connectivity index (χ2v) is 4.94. The normalized spacial score (nSPS) is 14.3. The highest BCUT2D eigenvalue weighted by Gasteiger charge is 2.17. The van der Waals surface area contributed by atoms with Crippen LogP contribution in [0.2, 0.25) is 0 Å². The highest BCUT2D eigenvalue weighted by molar-refractivity contribution is 5.74. The van der Waals surface area contributed by atoms with Crippen LogP contribution in [0.1, 0.15) is 25.5 Å². The quantitative estimate of drug-likeness (QED) is 0.700. The molecule has 1 aromatic heterocycles. The summed E-state index contributed by atoms with van der Waals surface area (Å²) < 4.78 is 0. The van der Waals surface area contributed by atoms with Gasteiger partial charge < -0.3 is 15.7 Å². The van der Waals surface area contributed by atoms with Gasteiger partial charge in [0.15, 0.2) is 0 Å². The van der Waals surface area contributed by atoms with E-state index < -0.39 is 12.0 Å². The Bertz CT molecular complexity index is 385. The predicted molar refractivity (Wildman–Crippen MR) is 72.0 cm³/mol. The molecule has 0 saturated carbocycles. The highest BCUT2D eigenvalue weighted by atomic mass is 16.3. The molecule has 1 rings (SSSR count). The summed E-state index contributed by atoms with van der Waals surface area (Å²) in [6.45, 7) is 3.45. The molecule has 1 amide bonds. The van der Waals surface area contributed by atoms with Crippen LogP contribution in [-0.2, 0) is 11.3 Å². The molecule has 0 radical (unpaired) electrons. The van der Waals surface area contributed by atoms with Gasteiger partial charge in [-0.05, 0) is 25.9 Å². The Balaban J connectivity index is 2.29. The van der Waals surface area contributed by atoms with Crippen molar-refractivity contribution in [2.45, 2.75) is 32.4 Å². The topological polar surface area (TPSA) is 92.3 Å². The van der Waals surface area contributed by atoms with Gasteiger partial charge in [-0.15, -0.1) is 0 Å². The fraction of sp³-hybridized carbons (Fsp3) is 0.615. The van der Waals surface area contributed by atoms with Gasteiger partial charge in [0.2, 0.25) is 5.91 Å². The van der Waals surface area contributed by atoms with Crippen molar-refractivity contribution in [3.05, 3.63) is 24.3 Å². The van der Waals surface area contributed by atoms with Gasteiger partial charge in [0.05, 0.1) is 18.2 Å². The first-order chi connectivity index (χ1) is 8.99. The molecule has 3 N–H and O–H groups in total. The molecule has 0 fully saturated rings. The Kier molecular flexibility index (Phi) is 6.38. The first-order valence-electron chi connectivity index (χ1n) is 6.39. The number of rotatable bonds is 8. The molecule has 19 heavy (non-hydrogen) atoms. The van der Waals surface area contributed by atoms with Crippen molar-refractivity contribution >= 4 is 5.91 Å². The average Bonchev–Trinajstić information content (AvgIpc) is 2.36. The van der Waals surface area contributed by atoms with E-state index in [9.17, 15) is 9.90 Å². The van der Waals surface area contributed by atoms with Crippen LogP contribution in [0.15, 0.2) is 18.6 Å². The van der Waals surface area contributed by atoms with Crippen molar-refractivity contribution < 1.29 is 9.90 Å². The van der Waals surface area contributed by atoms with Crippen LogP contribution in [0.5, 0.6) is 0 Å². The van der Waals surface area contributed by atoms with Crippen LogP contribution in [0.4, 0.5) is 0 Å². The fourth-order valence-corrected chi connectivity index (χ4v) is 1.79. The molecular weight excluding hydrogens is 244 g/mol. The number of aliphatic hydroxyl groups is 1. The average molecular weight is 266 g/mol. The van der Waals surface area contributed by atoms with Gasteiger partial charge in [-0.3, -0.25) is 14.8 Å². The predicted octanol–water partition coefficient (Wildman–Crippen LogP) is 0.171. The zero-order valence-electron chi connectivity index (χ0n) is 11.5. The van der Waals surface area contributed by atoms with E-state index in [0.29, 0.717) is 6.54 Å². The number of aromatic nitrogens is 2. The van der Waals surface area contributed by atoms with Gasteiger partial charge >= 0.3 is 0 Å². The molecule has 6 heteroatoms. The van der Waals surface area contributed by atoms with Crippen LogP contribution in [0.25, 0.3) is 0 Å². The molecule has 1 heterocycles. The molecule has 0 aliphatic heterocycles. The summed E-state index contributed by atoms with van der Waals surface area (Å²) in [6, 6.07) is 0. The first kappa shape index (κ1) is 15.5. The van der Waals surface area contributed by atoms with Gasteiger partial charge in [0.25, 0.3) is 0 Å². The maximum Gasteiger partial charge on any atom is 0.220 e. The van der Waals surface area contributed by atoms with Crippen molar-refractivity contribution in [2.75, 3.05) is 13.6 Å². The lowest BCUT2D eigenvalue weighted by atomic mass is 9.98. The monoisotopic (exact) mass is 266 g/mol. The van der Waals surface area contributed by atoms with Crippen LogP contribution in [0, 0.1) is 5.92 Å². The van der Waals surface area contributed by atoms with Gasteiger partial charge in [-0.1, -0.05) is 6.92 Å². The summed E-state index contributed by atoms with van der Waals surface area (Å²) >= 11 is 0. The number of carbonyl (C=O) groups is 1. The smallest absolute Gasteiger partial charge is 0.220 e. The molecule has 6 nitrogen and oxygen atoms in total. The zero-order valence-corrected chi connectivity index (χ0v) is 11.5. The Hall–Kier alpha value is -1.53. The minimum Gasteiger partial charge on any atom is -0.392 e. The second-order valence-electron chi connectivity index (χ2n) is 4.94. The van der Waals surface area contributed by atoms with Crippen molar-refractivity contribution in [3.63, 3.8) is 0 Å². The lowest BCUT2D eigenvalue weighted by Crippen LogP contribution is -2.29. The lowest BCUT2D eigenvalue weighted by Gasteiger charge is -2.21. The van der Waals surface area contributed by atoms with Gasteiger partial charge in [-0.2, -0.15) is 0 Å². The minimum absolute atomic E-state index is 0.0229. The number of nitrogens with zero attached hydrogens (tertiary/aromatic N) is 3. The van der Waals surface area contributed by atoms with E-state index in [1.807, 2.05) is 14.0 Å². The first-order valence-corrected chi connectivity index (χ1v) is 6.39. The fourth-order valence-electron chi connectivity index (χ4n) is 1.79. The van der Waals surface area contributed by atoms with Crippen molar-refractivity contribution in [1.82, 2.24) is 14.9 Å². The number of aliphatic hydroxyl groups excluding tert-OH is 1. The molecule has 0 aromatic carbocycles. The van der Waals surface area contributed by atoms with Crippen molar-refractivity contribution in [2.24, 2.45) is 11.7 Å². The molecule has 0 bridgehead atoms. The second kappa shape index (κ2) is 7.81. The van der Waals surface area contributed by atoms with Gasteiger partial charge in [0, 0.05) is 25.1 Å².